The molecule has 1 amide bonds. The van der Waals surface area contributed by atoms with Crippen LogP contribution in [0.3, 0.4) is 0 Å². The zero-order valence-electron chi connectivity index (χ0n) is 23.4. The fourth-order valence-electron chi connectivity index (χ4n) is 6.92. The number of aliphatic imine (C=N–C) groups is 1. The SMILES string of the molecule is CC(C)C[C@H](NC(=O)[C@H](CCCN=C(N)N[N+](=O)[O-])CC(=O)C1CC1)B1O[C@@H]2C[C@H]3C[C@H](C3(C)C)[C@]2(C)O1. The van der Waals surface area contributed by atoms with Crippen LogP contribution in [-0.2, 0) is 18.9 Å². The minimum absolute atomic E-state index is 0.0270. The predicted molar refractivity (Wildman–Crippen MR) is 143 cm³/mol. The zero-order chi connectivity index (χ0) is 27.8. The summed E-state index contributed by atoms with van der Waals surface area (Å²) in [4.78, 5) is 40.7. The van der Waals surface area contributed by atoms with Crippen molar-refractivity contribution in [3.8, 4) is 0 Å². The molecule has 12 heteroatoms. The van der Waals surface area contributed by atoms with Gasteiger partial charge >= 0.3 is 7.12 Å². The molecule has 5 rings (SSSR count). The van der Waals surface area contributed by atoms with E-state index in [9.17, 15) is 19.7 Å². The fourth-order valence-corrected chi connectivity index (χ4v) is 6.92. The van der Waals surface area contributed by atoms with E-state index in [0.717, 1.165) is 25.7 Å². The summed E-state index contributed by atoms with van der Waals surface area (Å²) in [6, 6.07) is 0. The third kappa shape index (κ3) is 6.16. The van der Waals surface area contributed by atoms with Crippen molar-refractivity contribution in [2.45, 2.75) is 104 Å². The van der Waals surface area contributed by atoms with Crippen LogP contribution in [-0.4, -0.2) is 54.0 Å². The monoisotopic (exact) mass is 533 g/mol. The second kappa shape index (κ2) is 11.1. The molecule has 0 radical (unpaired) electrons. The summed E-state index contributed by atoms with van der Waals surface area (Å²) in [6.45, 7) is 11.3. The number of hydrogen-bond acceptors (Lipinski definition) is 7. The van der Waals surface area contributed by atoms with Gasteiger partial charge in [0.2, 0.25) is 5.91 Å². The van der Waals surface area contributed by atoms with Crippen molar-refractivity contribution in [2.75, 3.05) is 6.54 Å². The number of hydrazine groups is 1. The van der Waals surface area contributed by atoms with Gasteiger partial charge in [-0.1, -0.05) is 33.1 Å². The molecule has 0 aromatic heterocycles. The smallest absolute Gasteiger partial charge is 0.404 e. The Bertz CT molecular complexity index is 956. The van der Waals surface area contributed by atoms with Crippen LogP contribution in [0.1, 0.15) is 86.0 Å². The van der Waals surface area contributed by atoms with Crippen molar-refractivity contribution < 1.29 is 23.9 Å². The molecule has 212 valence electrons. The zero-order valence-corrected chi connectivity index (χ0v) is 23.4. The Kier molecular flexibility index (Phi) is 8.42. The Morgan fingerprint density at radius 3 is 2.55 bits per heavy atom. The molecule has 0 unspecified atom stereocenters. The summed E-state index contributed by atoms with van der Waals surface area (Å²) in [6.07, 6.45) is 5.73. The van der Waals surface area contributed by atoms with E-state index in [2.05, 4.69) is 44.9 Å². The number of nitrogens with two attached hydrogens (primary N) is 1. The fraction of sp³-hybridized carbons (Fsp3) is 0.885. The summed E-state index contributed by atoms with van der Waals surface area (Å²) < 4.78 is 13.2. The molecule has 1 saturated heterocycles. The summed E-state index contributed by atoms with van der Waals surface area (Å²) >= 11 is 0. The van der Waals surface area contributed by atoms with Gasteiger partial charge in [-0.3, -0.25) is 9.59 Å². The Labute approximate surface area is 225 Å². The molecule has 0 spiro atoms. The van der Waals surface area contributed by atoms with Gasteiger partial charge in [-0.15, -0.1) is 0 Å². The first-order valence-corrected chi connectivity index (χ1v) is 14.2. The third-order valence-electron chi connectivity index (χ3n) is 9.40. The molecule has 0 aromatic rings. The highest BCUT2D eigenvalue weighted by atomic mass is 16.7. The summed E-state index contributed by atoms with van der Waals surface area (Å²) in [5, 5.41) is 12.9. The lowest BCUT2D eigenvalue weighted by Crippen LogP contribution is -2.65. The predicted octanol–water partition coefficient (Wildman–Crippen LogP) is 2.65. The number of ketones is 1. The Balaban J connectivity index is 1.41. The van der Waals surface area contributed by atoms with E-state index >= 15 is 0 Å². The molecule has 6 atom stereocenters. The number of Topliss-reactive ketones (excluding diaryl/α,β-unsaturated/α-hetero) is 1. The van der Waals surface area contributed by atoms with Crippen LogP contribution >= 0.6 is 0 Å². The quantitative estimate of drug-likeness (QED) is 0.0814. The molecule has 38 heavy (non-hydrogen) atoms. The summed E-state index contributed by atoms with van der Waals surface area (Å²) in [7, 11) is -0.524. The summed E-state index contributed by atoms with van der Waals surface area (Å²) in [5.41, 5.74) is 7.17. The largest absolute Gasteiger partial charge is 0.481 e. The molecule has 4 saturated carbocycles. The Hall–Kier alpha value is -2.21. The van der Waals surface area contributed by atoms with Gasteiger partial charge in [0.05, 0.1) is 17.6 Å². The topological polar surface area (TPSA) is 158 Å². The van der Waals surface area contributed by atoms with Crippen LogP contribution in [0.5, 0.6) is 0 Å². The third-order valence-corrected chi connectivity index (χ3v) is 9.40. The van der Waals surface area contributed by atoms with Crippen LogP contribution in [0.25, 0.3) is 0 Å². The normalized spacial score (nSPS) is 31.3. The van der Waals surface area contributed by atoms with Crippen molar-refractivity contribution in [1.29, 1.82) is 0 Å². The highest BCUT2D eigenvalue weighted by molar-refractivity contribution is 6.47. The molecule has 0 aromatic carbocycles. The van der Waals surface area contributed by atoms with E-state index < -0.39 is 18.1 Å². The molecular formula is C26H44BN5O6. The second-order valence-electron chi connectivity index (χ2n) is 13.0. The molecule has 5 aliphatic rings. The molecule has 5 fully saturated rings. The van der Waals surface area contributed by atoms with Crippen LogP contribution < -0.4 is 16.5 Å². The highest BCUT2D eigenvalue weighted by Gasteiger charge is 2.68. The molecule has 11 nitrogen and oxygen atoms in total. The standard InChI is InChI=1S/C26H44BN5O6/c1-15(2)11-22(27-37-21-14-18-13-20(25(18,3)4)26(21,5)38-27)30-23(34)17(12-19(33)16-8-9-16)7-6-10-29-24(28)31-32(35)36/h15-18,20-22H,6-14H2,1-5H3,(H,30,34)(H3,28,29,31)/t17-,18-,20-,21-,22+,26+/m1/s1. The second-order valence-corrected chi connectivity index (χ2v) is 13.0. The first-order chi connectivity index (χ1) is 17.8. The van der Waals surface area contributed by atoms with E-state index in [1.807, 2.05) is 5.43 Å². The number of rotatable bonds is 13. The van der Waals surface area contributed by atoms with Crippen LogP contribution in [0, 0.1) is 45.1 Å². The van der Waals surface area contributed by atoms with Gasteiger partial charge in [-0.05, 0) is 75.0 Å². The average molecular weight is 533 g/mol. The molecule has 4 N–H and O–H groups in total. The lowest BCUT2D eigenvalue weighted by Gasteiger charge is -2.64. The lowest BCUT2D eigenvalue weighted by atomic mass is 9.43. The first kappa shape index (κ1) is 28.8. The maximum Gasteiger partial charge on any atom is 0.481 e. The minimum atomic E-state index is -0.771. The number of nitrogens with one attached hydrogen (secondary N) is 2. The van der Waals surface area contributed by atoms with Gasteiger partial charge in [-0.2, -0.15) is 0 Å². The number of carbonyl (C=O) groups is 2. The van der Waals surface area contributed by atoms with E-state index in [0.29, 0.717) is 37.0 Å². The number of guanidine groups is 1. The van der Waals surface area contributed by atoms with Crippen molar-refractivity contribution in [2.24, 2.45) is 45.7 Å². The van der Waals surface area contributed by atoms with Gasteiger partial charge in [0, 0.05) is 24.8 Å². The van der Waals surface area contributed by atoms with Crippen molar-refractivity contribution in [3.63, 3.8) is 0 Å². The Morgan fingerprint density at radius 1 is 1.24 bits per heavy atom. The molecule has 1 heterocycles. The Morgan fingerprint density at radius 2 is 1.95 bits per heavy atom. The van der Waals surface area contributed by atoms with Crippen LogP contribution in [0.15, 0.2) is 4.99 Å². The van der Waals surface area contributed by atoms with Gasteiger partial charge in [0.1, 0.15) is 5.78 Å². The number of carbonyl (C=O) groups excluding carboxylic acids is 2. The number of nitro groups is 1. The summed E-state index contributed by atoms with van der Waals surface area (Å²) in [5.74, 6) is 0.278. The number of nitrogens with zero attached hydrogens (tertiary/aromatic N) is 2. The average Bonchev–Trinajstić information content (AvgIpc) is 3.60. The number of hydrogen-bond donors (Lipinski definition) is 3. The minimum Gasteiger partial charge on any atom is -0.404 e. The van der Waals surface area contributed by atoms with E-state index in [1.54, 1.807) is 0 Å². The first-order valence-electron chi connectivity index (χ1n) is 14.2. The molecule has 2 bridgehead atoms. The van der Waals surface area contributed by atoms with E-state index in [-0.39, 0.29) is 59.6 Å². The molecular weight excluding hydrogens is 489 g/mol. The van der Waals surface area contributed by atoms with Gasteiger partial charge in [0.25, 0.3) is 5.96 Å². The molecule has 1 aliphatic heterocycles. The van der Waals surface area contributed by atoms with Crippen molar-refractivity contribution in [1.82, 2.24) is 10.7 Å². The van der Waals surface area contributed by atoms with Crippen molar-refractivity contribution >= 4 is 24.8 Å². The maximum atomic E-state index is 13.6. The van der Waals surface area contributed by atoms with Gasteiger partial charge in [0.15, 0.2) is 5.03 Å². The van der Waals surface area contributed by atoms with Gasteiger partial charge in [-0.25, -0.2) is 15.1 Å². The van der Waals surface area contributed by atoms with Gasteiger partial charge < -0.3 is 20.4 Å². The number of amides is 1. The van der Waals surface area contributed by atoms with Crippen molar-refractivity contribution in [3.05, 3.63) is 10.1 Å². The maximum absolute atomic E-state index is 13.6. The van der Waals surface area contributed by atoms with Crippen LogP contribution in [0.2, 0.25) is 0 Å². The molecule has 4 aliphatic carbocycles. The highest BCUT2D eigenvalue weighted by Crippen LogP contribution is 2.65. The van der Waals surface area contributed by atoms with E-state index in [1.165, 1.54) is 0 Å². The van der Waals surface area contributed by atoms with E-state index in [4.69, 9.17) is 15.0 Å². The lowest BCUT2D eigenvalue weighted by molar-refractivity contribution is -0.525. The van der Waals surface area contributed by atoms with Crippen LogP contribution in [0.4, 0.5) is 0 Å².